The predicted molar refractivity (Wildman–Crippen MR) is 104 cm³/mol. The van der Waals surface area contributed by atoms with Crippen LogP contribution in [-0.4, -0.2) is 24.4 Å². The van der Waals surface area contributed by atoms with Gasteiger partial charge in [0.2, 0.25) is 12.3 Å². The van der Waals surface area contributed by atoms with Crippen molar-refractivity contribution < 1.29 is 14.0 Å². The van der Waals surface area contributed by atoms with Gasteiger partial charge in [0.05, 0.1) is 11.1 Å². The summed E-state index contributed by atoms with van der Waals surface area (Å²) < 4.78 is 14.2. The van der Waals surface area contributed by atoms with Crippen LogP contribution in [0.25, 0.3) is 0 Å². The molecule has 1 aliphatic heterocycles. The van der Waals surface area contributed by atoms with Gasteiger partial charge in [-0.1, -0.05) is 35.3 Å². The maximum atomic E-state index is 14.2. The Balaban J connectivity index is 2.18. The second kappa shape index (κ2) is 7.84. The molecule has 0 aromatic heterocycles. The first-order chi connectivity index (χ1) is 12.8. The van der Waals surface area contributed by atoms with E-state index in [1.54, 1.807) is 18.2 Å². The molecule has 0 bridgehead atoms. The Labute approximate surface area is 166 Å². The van der Waals surface area contributed by atoms with Crippen molar-refractivity contribution in [3.8, 4) is 0 Å². The van der Waals surface area contributed by atoms with Crippen LogP contribution in [0.15, 0.2) is 36.4 Å². The van der Waals surface area contributed by atoms with Gasteiger partial charge >= 0.3 is 0 Å². The molecule has 5 nitrogen and oxygen atoms in total. The molecule has 8 heteroatoms. The molecule has 1 aliphatic rings. The van der Waals surface area contributed by atoms with E-state index >= 15 is 0 Å². The van der Waals surface area contributed by atoms with Crippen molar-refractivity contribution in [3.63, 3.8) is 0 Å². The van der Waals surface area contributed by atoms with Gasteiger partial charge < -0.3 is 16.4 Å². The maximum absolute atomic E-state index is 14.2. The second-order valence-electron chi connectivity index (χ2n) is 6.56. The predicted octanol–water partition coefficient (Wildman–Crippen LogP) is 3.41. The summed E-state index contributed by atoms with van der Waals surface area (Å²) in [6.07, 6.45) is 0.500. The Morgan fingerprint density at radius 3 is 2.63 bits per heavy atom. The van der Waals surface area contributed by atoms with Gasteiger partial charge in [-0.15, -0.1) is 0 Å². The average Bonchev–Trinajstić information content (AvgIpc) is 2.96. The van der Waals surface area contributed by atoms with Crippen molar-refractivity contribution in [2.75, 3.05) is 5.32 Å². The molecule has 0 radical (unpaired) electrons. The molecule has 2 aromatic carbocycles. The fourth-order valence-electron chi connectivity index (χ4n) is 3.87. The van der Waals surface area contributed by atoms with Crippen LogP contribution in [0.2, 0.25) is 10.0 Å². The topological polar surface area (TPSA) is 84.2 Å². The number of hydrogen-bond acceptors (Lipinski definition) is 3. The fourth-order valence-corrected chi connectivity index (χ4v) is 4.23. The Hall–Kier alpha value is -2.15. The van der Waals surface area contributed by atoms with E-state index in [0.29, 0.717) is 22.7 Å². The molecule has 0 unspecified atom stereocenters. The van der Waals surface area contributed by atoms with Crippen LogP contribution in [0, 0.1) is 5.82 Å². The number of carbonyl (C=O) groups excluding carboxylic acids is 2. The van der Waals surface area contributed by atoms with Crippen LogP contribution in [0.1, 0.15) is 29.9 Å². The van der Waals surface area contributed by atoms with E-state index in [0.717, 1.165) is 5.56 Å². The molecular formula is C19H18Cl2FN3O2. The largest absolute Gasteiger partial charge is 0.368 e. The summed E-state index contributed by atoms with van der Waals surface area (Å²) in [6, 6.07) is 8.87. The number of hydrogen-bond donors (Lipinski definition) is 3. The summed E-state index contributed by atoms with van der Waals surface area (Å²) in [5.74, 6) is -1.88. The standard InChI is InChI=1S/C19H18Cl2FN3O2/c1-9-16(12-6-14(22)13(21)7-15(12)24-8-26)17(18(25-9)19(23)27)10-3-2-4-11(20)5-10/h2-9,16-18,25H,1H3,(H2,23,27)(H,24,26)/t9-,16+,17-,18-/m1/s1. The number of primary amides is 1. The molecule has 142 valence electrons. The molecule has 0 aliphatic carbocycles. The quantitative estimate of drug-likeness (QED) is 0.661. The minimum absolute atomic E-state index is 0.104. The van der Waals surface area contributed by atoms with Gasteiger partial charge in [-0.2, -0.15) is 0 Å². The summed E-state index contributed by atoms with van der Waals surface area (Å²) in [5.41, 5.74) is 7.31. The Morgan fingerprint density at radius 2 is 2.00 bits per heavy atom. The maximum Gasteiger partial charge on any atom is 0.235 e. The summed E-state index contributed by atoms with van der Waals surface area (Å²) in [6.45, 7) is 1.88. The first-order valence-corrected chi connectivity index (χ1v) is 9.09. The van der Waals surface area contributed by atoms with Gasteiger partial charge in [0.15, 0.2) is 0 Å². The SMILES string of the molecule is C[C@H]1N[C@@H](C(N)=O)[C@H](c2cccc(Cl)c2)[C@@H]1c1cc(F)c(Cl)cc1NC=O. The van der Waals surface area contributed by atoms with E-state index in [4.69, 9.17) is 28.9 Å². The highest BCUT2D eigenvalue weighted by molar-refractivity contribution is 6.31. The van der Waals surface area contributed by atoms with E-state index in [2.05, 4.69) is 10.6 Å². The molecule has 1 saturated heterocycles. The van der Waals surface area contributed by atoms with Gasteiger partial charge in [-0.3, -0.25) is 9.59 Å². The summed E-state index contributed by atoms with van der Waals surface area (Å²) in [5, 5.41) is 6.16. The van der Waals surface area contributed by atoms with Crippen LogP contribution >= 0.6 is 23.2 Å². The van der Waals surface area contributed by atoms with E-state index < -0.39 is 23.7 Å². The van der Waals surface area contributed by atoms with Gasteiger partial charge in [0.25, 0.3) is 0 Å². The smallest absolute Gasteiger partial charge is 0.235 e. The van der Waals surface area contributed by atoms with Crippen molar-refractivity contribution in [2.45, 2.75) is 30.8 Å². The zero-order valence-corrected chi connectivity index (χ0v) is 15.9. The molecule has 4 atom stereocenters. The third-order valence-corrected chi connectivity index (χ3v) is 5.46. The first-order valence-electron chi connectivity index (χ1n) is 8.33. The van der Waals surface area contributed by atoms with Crippen molar-refractivity contribution in [1.29, 1.82) is 0 Å². The number of benzene rings is 2. The first kappa shape index (κ1) is 19.6. The van der Waals surface area contributed by atoms with E-state index in [-0.39, 0.29) is 17.0 Å². The van der Waals surface area contributed by atoms with E-state index in [1.807, 2.05) is 13.0 Å². The molecule has 27 heavy (non-hydrogen) atoms. The number of amides is 2. The highest BCUT2D eigenvalue weighted by Crippen LogP contribution is 2.46. The molecule has 4 N–H and O–H groups in total. The van der Waals surface area contributed by atoms with Crippen LogP contribution in [0.3, 0.4) is 0 Å². The van der Waals surface area contributed by atoms with Crippen molar-refractivity contribution in [2.24, 2.45) is 5.73 Å². The Morgan fingerprint density at radius 1 is 1.26 bits per heavy atom. The lowest BCUT2D eigenvalue weighted by Crippen LogP contribution is -2.41. The summed E-state index contributed by atoms with van der Waals surface area (Å²) in [7, 11) is 0. The monoisotopic (exact) mass is 409 g/mol. The van der Waals surface area contributed by atoms with Crippen molar-refractivity contribution in [3.05, 3.63) is 63.4 Å². The zero-order valence-electron chi connectivity index (χ0n) is 14.4. The lowest BCUT2D eigenvalue weighted by molar-refractivity contribution is -0.120. The van der Waals surface area contributed by atoms with E-state index in [9.17, 15) is 14.0 Å². The zero-order chi connectivity index (χ0) is 19.7. The van der Waals surface area contributed by atoms with Crippen LogP contribution in [-0.2, 0) is 9.59 Å². The molecule has 1 heterocycles. The molecular weight excluding hydrogens is 392 g/mol. The highest BCUT2D eigenvalue weighted by atomic mass is 35.5. The van der Waals surface area contributed by atoms with Crippen LogP contribution in [0.5, 0.6) is 0 Å². The minimum Gasteiger partial charge on any atom is -0.368 e. The highest BCUT2D eigenvalue weighted by Gasteiger charge is 2.46. The number of nitrogens with two attached hydrogens (primary N) is 1. The lowest BCUT2D eigenvalue weighted by atomic mass is 9.77. The van der Waals surface area contributed by atoms with Gasteiger partial charge in [-0.05, 0) is 42.3 Å². The Kier molecular flexibility index (Phi) is 5.69. The number of anilines is 1. The van der Waals surface area contributed by atoms with Gasteiger partial charge in [0, 0.05) is 28.6 Å². The third kappa shape index (κ3) is 3.78. The Bertz CT molecular complexity index is 893. The van der Waals surface area contributed by atoms with Crippen LogP contribution in [0.4, 0.5) is 10.1 Å². The minimum atomic E-state index is -0.675. The molecule has 0 spiro atoms. The molecule has 0 saturated carbocycles. The number of nitrogens with one attached hydrogen (secondary N) is 2. The van der Waals surface area contributed by atoms with Gasteiger partial charge in [0.1, 0.15) is 5.82 Å². The number of carbonyl (C=O) groups is 2. The fraction of sp³-hybridized carbons (Fsp3) is 0.263. The number of rotatable bonds is 5. The molecule has 2 aromatic rings. The van der Waals surface area contributed by atoms with Crippen LogP contribution < -0.4 is 16.4 Å². The van der Waals surface area contributed by atoms with Crippen molar-refractivity contribution in [1.82, 2.24) is 5.32 Å². The van der Waals surface area contributed by atoms with Crippen molar-refractivity contribution >= 4 is 41.2 Å². The van der Waals surface area contributed by atoms with E-state index in [1.165, 1.54) is 12.1 Å². The lowest BCUT2D eigenvalue weighted by Gasteiger charge is -2.27. The number of halogens is 3. The molecule has 2 amide bonds. The summed E-state index contributed by atoms with van der Waals surface area (Å²) >= 11 is 12.0. The molecule has 3 rings (SSSR count). The third-order valence-electron chi connectivity index (χ3n) is 4.93. The molecule has 1 fully saturated rings. The second-order valence-corrected chi connectivity index (χ2v) is 7.40. The summed E-state index contributed by atoms with van der Waals surface area (Å²) in [4.78, 5) is 23.1. The van der Waals surface area contributed by atoms with Gasteiger partial charge in [-0.25, -0.2) is 4.39 Å². The normalized spacial score (nSPS) is 24.6. The average molecular weight is 410 g/mol.